The Hall–Kier alpha value is -1.46. The van der Waals surface area contributed by atoms with Crippen molar-refractivity contribution in [2.45, 2.75) is 38.3 Å². The van der Waals surface area contributed by atoms with E-state index in [2.05, 4.69) is 9.88 Å². The molecule has 0 unspecified atom stereocenters. The zero-order valence-electron chi connectivity index (χ0n) is 12.5. The molecule has 5 nitrogen and oxygen atoms in total. The number of amides is 1. The minimum Gasteiger partial charge on any atom is -0.391 e. The Morgan fingerprint density at radius 2 is 2.00 bits per heavy atom. The number of carbonyl (C=O) groups is 1. The molecular weight excluding hydrogens is 266 g/mol. The quantitative estimate of drug-likeness (QED) is 0.884. The van der Waals surface area contributed by atoms with Gasteiger partial charge in [0.25, 0.3) is 5.91 Å². The Morgan fingerprint density at radius 1 is 1.24 bits per heavy atom. The molecule has 114 valence electrons. The molecule has 5 heteroatoms. The van der Waals surface area contributed by atoms with Crippen LogP contribution in [0.1, 0.15) is 35.3 Å². The van der Waals surface area contributed by atoms with Crippen molar-refractivity contribution in [1.82, 2.24) is 14.8 Å². The van der Waals surface area contributed by atoms with E-state index >= 15 is 0 Å². The maximum absolute atomic E-state index is 12.4. The number of hydrogen-bond donors (Lipinski definition) is 1. The highest BCUT2D eigenvalue weighted by atomic mass is 16.3. The first-order valence-electron chi connectivity index (χ1n) is 7.79. The molecule has 2 heterocycles. The standard InChI is InChI=1S/C16H23N3O2/c1-12-5-6-13(11-17-12)16(21)19-9-7-18(8-10-19)14-3-2-4-15(14)20/h5-6,11,14-15,20H,2-4,7-10H2,1H3/t14-,15+/m0/s1. The lowest BCUT2D eigenvalue weighted by molar-refractivity contribution is 0.0315. The summed E-state index contributed by atoms with van der Waals surface area (Å²) >= 11 is 0. The fourth-order valence-corrected chi connectivity index (χ4v) is 3.38. The molecule has 1 aliphatic heterocycles. The average Bonchev–Trinajstić information content (AvgIpc) is 2.94. The molecule has 3 rings (SSSR count). The van der Waals surface area contributed by atoms with Gasteiger partial charge in [-0.25, -0.2) is 0 Å². The summed E-state index contributed by atoms with van der Waals surface area (Å²) < 4.78 is 0. The summed E-state index contributed by atoms with van der Waals surface area (Å²) in [7, 11) is 0. The van der Waals surface area contributed by atoms with E-state index in [0.717, 1.165) is 51.1 Å². The van der Waals surface area contributed by atoms with E-state index in [-0.39, 0.29) is 12.0 Å². The monoisotopic (exact) mass is 289 g/mol. The highest BCUT2D eigenvalue weighted by Crippen LogP contribution is 2.25. The van der Waals surface area contributed by atoms with Gasteiger partial charge in [-0.3, -0.25) is 14.7 Å². The van der Waals surface area contributed by atoms with Gasteiger partial charge in [-0.1, -0.05) is 0 Å². The molecule has 1 saturated carbocycles. The highest BCUT2D eigenvalue weighted by Gasteiger charge is 2.33. The van der Waals surface area contributed by atoms with Crippen LogP contribution in [0, 0.1) is 6.92 Å². The topological polar surface area (TPSA) is 56.7 Å². The summed E-state index contributed by atoms with van der Waals surface area (Å²) in [5.41, 5.74) is 1.58. The number of carbonyl (C=O) groups excluding carboxylic acids is 1. The number of rotatable bonds is 2. The molecule has 0 aromatic carbocycles. The van der Waals surface area contributed by atoms with E-state index in [4.69, 9.17) is 0 Å². The number of aliphatic hydroxyl groups is 1. The zero-order valence-corrected chi connectivity index (χ0v) is 12.5. The SMILES string of the molecule is Cc1ccc(C(=O)N2CCN([C@H]3CCC[C@H]3O)CC2)cn1. The van der Waals surface area contributed by atoms with E-state index in [9.17, 15) is 9.90 Å². The van der Waals surface area contributed by atoms with Crippen molar-refractivity contribution in [3.05, 3.63) is 29.6 Å². The van der Waals surface area contributed by atoms with Crippen LogP contribution >= 0.6 is 0 Å². The van der Waals surface area contributed by atoms with Crippen molar-refractivity contribution in [3.63, 3.8) is 0 Å². The molecule has 1 amide bonds. The smallest absolute Gasteiger partial charge is 0.255 e. The van der Waals surface area contributed by atoms with Crippen LogP contribution < -0.4 is 0 Å². The normalized spacial score (nSPS) is 27.0. The Morgan fingerprint density at radius 3 is 2.57 bits per heavy atom. The first kappa shape index (κ1) is 14.5. The Labute approximate surface area is 125 Å². The lowest BCUT2D eigenvalue weighted by Gasteiger charge is -2.39. The number of nitrogens with zero attached hydrogens (tertiary/aromatic N) is 3. The number of aromatic nitrogens is 1. The van der Waals surface area contributed by atoms with E-state index in [0.29, 0.717) is 11.6 Å². The zero-order chi connectivity index (χ0) is 14.8. The summed E-state index contributed by atoms with van der Waals surface area (Å²) in [4.78, 5) is 20.8. The summed E-state index contributed by atoms with van der Waals surface area (Å²) in [6.07, 6.45) is 4.58. The second-order valence-electron chi connectivity index (χ2n) is 6.08. The number of aliphatic hydroxyl groups excluding tert-OH is 1. The molecule has 1 N–H and O–H groups in total. The predicted molar refractivity (Wildman–Crippen MR) is 80.1 cm³/mol. The molecule has 1 aliphatic carbocycles. The van der Waals surface area contributed by atoms with E-state index < -0.39 is 0 Å². The lowest BCUT2D eigenvalue weighted by Crippen LogP contribution is -2.53. The molecule has 0 bridgehead atoms. The van der Waals surface area contributed by atoms with Gasteiger partial charge in [-0.05, 0) is 38.3 Å². The molecule has 2 aliphatic rings. The van der Waals surface area contributed by atoms with Crippen LogP contribution in [0.25, 0.3) is 0 Å². The minimum atomic E-state index is -0.187. The number of hydrogen-bond acceptors (Lipinski definition) is 4. The molecule has 0 spiro atoms. The first-order chi connectivity index (χ1) is 10.1. The third-order valence-corrected chi connectivity index (χ3v) is 4.67. The van der Waals surface area contributed by atoms with Crippen LogP contribution in [0.4, 0.5) is 0 Å². The van der Waals surface area contributed by atoms with Gasteiger partial charge < -0.3 is 10.0 Å². The van der Waals surface area contributed by atoms with Gasteiger partial charge >= 0.3 is 0 Å². The van der Waals surface area contributed by atoms with E-state index in [1.165, 1.54) is 0 Å². The van der Waals surface area contributed by atoms with Crippen LogP contribution in [-0.2, 0) is 0 Å². The van der Waals surface area contributed by atoms with Crippen LogP contribution in [0.2, 0.25) is 0 Å². The number of aryl methyl sites for hydroxylation is 1. The maximum Gasteiger partial charge on any atom is 0.255 e. The summed E-state index contributed by atoms with van der Waals surface area (Å²) in [5, 5.41) is 9.99. The van der Waals surface area contributed by atoms with Crippen LogP contribution in [0.15, 0.2) is 18.3 Å². The van der Waals surface area contributed by atoms with Crippen molar-refractivity contribution >= 4 is 5.91 Å². The molecular formula is C16H23N3O2. The molecule has 2 atom stereocenters. The summed E-state index contributed by atoms with van der Waals surface area (Å²) in [6, 6.07) is 4.01. The van der Waals surface area contributed by atoms with Gasteiger partial charge in [0, 0.05) is 44.1 Å². The minimum absolute atomic E-state index is 0.0640. The summed E-state index contributed by atoms with van der Waals surface area (Å²) in [6.45, 7) is 5.09. The third-order valence-electron chi connectivity index (χ3n) is 4.67. The lowest BCUT2D eigenvalue weighted by atomic mass is 10.1. The van der Waals surface area contributed by atoms with Crippen molar-refractivity contribution in [2.24, 2.45) is 0 Å². The second-order valence-corrected chi connectivity index (χ2v) is 6.08. The molecule has 2 fully saturated rings. The van der Waals surface area contributed by atoms with Crippen molar-refractivity contribution in [3.8, 4) is 0 Å². The van der Waals surface area contributed by atoms with Crippen molar-refractivity contribution < 1.29 is 9.90 Å². The summed E-state index contributed by atoms with van der Waals surface area (Å²) in [5.74, 6) is 0.0640. The Balaban J connectivity index is 1.58. The fourth-order valence-electron chi connectivity index (χ4n) is 3.38. The van der Waals surface area contributed by atoms with Gasteiger partial charge in [0.2, 0.25) is 0 Å². The van der Waals surface area contributed by atoms with Crippen LogP contribution in [-0.4, -0.2) is 64.1 Å². The van der Waals surface area contributed by atoms with Gasteiger partial charge in [0.15, 0.2) is 0 Å². The van der Waals surface area contributed by atoms with Crippen LogP contribution in [0.5, 0.6) is 0 Å². The number of piperazine rings is 1. The van der Waals surface area contributed by atoms with E-state index in [1.807, 2.05) is 24.0 Å². The fraction of sp³-hybridized carbons (Fsp3) is 0.625. The van der Waals surface area contributed by atoms with Gasteiger partial charge in [0.05, 0.1) is 11.7 Å². The molecule has 1 aromatic heterocycles. The van der Waals surface area contributed by atoms with E-state index in [1.54, 1.807) is 6.20 Å². The first-order valence-corrected chi connectivity index (χ1v) is 7.79. The molecule has 0 radical (unpaired) electrons. The third kappa shape index (κ3) is 3.09. The average molecular weight is 289 g/mol. The molecule has 21 heavy (non-hydrogen) atoms. The molecule has 1 aromatic rings. The van der Waals surface area contributed by atoms with Gasteiger partial charge in [-0.2, -0.15) is 0 Å². The van der Waals surface area contributed by atoms with Gasteiger partial charge in [0.1, 0.15) is 0 Å². The predicted octanol–water partition coefficient (Wildman–Crippen LogP) is 1.06. The van der Waals surface area contributed by atoms with Gasteiger partial charge in [-0.15, -0.1) is 0 Å². The number of pyridine rings is 1. The van der Waals surface area contributed by atoms with Crippen molar-refractivity contribution in [1.29, 1.82) is 0 Å². The Kier molecular flexibility index (Phi) is 4.22. The molecule has 1 saturated heterocycles. The maximum atomic E-state index is 12.4. The second kappa shape index (κ2) is 6.12. The van der Waals surface area contributed by atoms with Crippen molar-refractivity contribution in [2.75, 3.05) is 26.2 Å². The Bertz CT molecular complexity index is 495. The van der Waals surface area contributed by atoms with Crippen LogP contribution in [0.3, 0.4) is 0 Å². The largest absolute Gasteiger partial charge is 0.391 e. The highest BCUT2D eigenvalue weighted by molar-refractivity contribution is 5.94.